The van der Waals surface area contributed by atoms with Gasteiger partial charge in [-0.3, -0.25) is 14.4 Å². The van der Waals surface area contributed by atoms with Crippen LogP contribution in [0.1, 0.15) is 265 Å². The van der Waals surface area contributed by atoms with Crippen molar-refractivity contribution in [2.45, 2.75) is 271 Å². The van der Waals surface area contributed by atoms with E-state index in [0.29, 0.717) is 6.42 Å². The monoisotopic (exact) mass is 1010 g/mol. The van der Waals surface area contributed by atoms with Gasteiger partial charge < -0.3 is 14.2 Å². The van der Waals surface area contributed by atoms with Crippen LogP contribution in [0.3, 0.4) is 0 Å². The van der Waals surface area contributed by atoms with E-state index in [2.05, 4.69) is 130 Å². The highest BCUT2D eigenvalue weighted by Gasteiger charge is 2.19. The molecule has 0 aliphatic carbocycles. The van der Waals surface area contributed by atoms with E-state index in [1.54, 1.807) is 6.08 Å². The minimum atomic E-state index is -0.831. The molecule has 0 heterocycles. The van der Waals surface area contributed by atoms with E-state index < -0.39 is 12.1 Å². The summed E-state index contributed by atoms with van der Waals surface area (Å²) >= 11 is 0. The maximum absolute atomic E-state index is 12.9. The van der Waals surface area contributed by atoms with E-state index >= 15 is 0 Å². The second kappa shape index (κ2) is 60.4. The lowest BCUT2D eigenvalue weighted by atomic mass is 10.1. The molecule has 0 aliphatic heterocycles. The van der Waals surface area contributed by atoms with E-state index in [9.17, 15) is 14.4 Å². The number of unbranched alkanes of at least 4 members (excludes halogenated alkanes) is 23. The van der Waals surface area contributed by atoms with Crippen molar-refractivity contribution in [3.8, 4) is 0 Å². The van der Waals surface area contributed by atoms with Crippen molar-refractivity contribution in [2.24, 2.45) is 0 Å². The van der Waals surface area contributed by atoms with Gasteiger partial charge in [0, 0.05) is 12.8 Å². The third-order valence-corrected chi connectivity index (χ3v) is 12.5. The Morgan fingerprint density at radius 3 is 0.973 bits per heavy atom. The summed E-state index contributed by atoms with van der Waals surface area (Å²) < 4.78 is 16.8. The van der Waals surface area contributed by atoms with Crippen molar-refractivity contribution in [1.82, 2.24) is 0 Å². The molecule has 1 atom stereocenters. The van der Waals surface area contributed by atoms with Crippen molar-refractivity contribution in [3.63, 3.8) is 0 Å². The molecule has 0 saturated carbocycles. The van der Waals surface area contributed by atoms with Gasteiger partial charge in [0.05, 0.1) is 6.42 Å². The van der Waals surface area contributed by atoms with Crippen LogP contribution in [0.4, 0.5) is 0 Å². The molecule has 0 aliphatic rings. The molecule has 0 amide bonds. The van der Waals surface area contributed by atoms with Crippen LogP contribution in [0.5, 0.6) is 0 Å². The molecule has 0 aromatic carbocycles. The zero-order valence-electron chi connectivity index (χ0n) is 47.4. The summed E-state index contributed by atoms with van der Waals surface area (Å²) in [5, 5.41) is 0. The zero-order chi connectivity index (χ0) is 52.9. The minimum Gasteiger partial charge on any atom is -0.462 e. The fraction of sp³-hybridized carbons (Fsp3) is 0.657. The molecule has 0 N–H and O–H groups in total. The van der Waals surface area contributed by atoms with E-state index in [1.165, 1.54) is 116 Å². The Morgan fingerprint density at radius 2 is 0.589 bits per heavy atom. The molecule has 73 heavy (non-hydrogen) atoms. The lowest BCUT2D eigenvalue weighted by Gasteiger charge is -2.18. The van der Waals surface area contributed by atoms with Gasteiger partial charge in [-0.2, -0.15) is 0 Å². The van der Waals surface area contributed by atoms with Gasteiger partial charge in [-0.15, -0.1) is 0 Å². The molecule has 0 rings (SSSR count). The van der Waals surface area contributed by atoms with Gasteiger partial charge in [-0.05, 0) is 109 Å². The summed E-state index contributed by atoms with van der Waals surface area (Å²) in [7, 11) is 0. The largest absolute Gasteiger partial charge is 0.462 e. The van der Waals surface area contributed by atoms with Crippen LogP contribution in [0.2, 0.25) is 0 Å². The molecule has 6 nitrogen and oxygen atoms in total. The Labute approximate surface area is 450 Å². The topological polar surface area (TPSA) is 78.9 Å². The molecule has 0 fully saturated rings. The number of hydrogen-bond donors (Lipinski definition) is 0. The number of carbonyl (C=O) groups excluding carboxylic acids is 3. The lowest BCUT2D eigenvalue weighted by Crippen LogP contribution is -2.30. The highest BCUT2D eigenvalue weighted by molar-refractivity contribution is 5.72. The summed E-state index contributed by atoms with van der Waals surface area (Å²) in [6.45, 7) is 6.32. The SMILES string of the molecule is CC/C=C\C/C=C\C/C=C\C/C=C\C/C=C\CC(=O)OCC(COC(=O)CCCCCCCCCCC/C=C\CCCCCCCCCC)OC(=O)CCCCCCCC/C=C\C/C=C\C/C=C\C/C=C\CC. The molecular formula is C67H110O6. The highest BCUT2D eigenvalue weighted by Crippen LogP contribution is 2.15. The first-order chi connectivity index (χ1) is 36.0. The number of carbonyl (C=O) groups is 3. The smallest absolute Gasteiger partial charge is 0.309 e. The summed E-state index contributed by atoms with van der Waals surface area (Å²) in [5.41, 5.74) is 0. The van der Waals surface area contributed by atoms with E-state index in [1.807, 2.05) is 6.08 Å². The predicted octanol–water partition coefficient (Wildman–Crippen LogP) is 20.4. The summed E-state index contributed by atoms with van der Waals surface area (Å²) in [4.78, 5) is 38.2. The Kier molecular flexibility index (Phi) is 56.9. The van der Waals surface area contributed by atoms with Crippen LogP contribution in [-0.2, 0) is 28.6 Å². The van der Waals surface area contributed by atoms with Gasteiger partial charge in [-0.1, -0.05) is 258 Å². The van der Waals surface area contributed by atoms with Crippen LogP contribution < -0.4 is 0 Å². The average Bonchev–Trinajstić information content (AvgIpc) is 3.39. The molecule has 0 aromatic rings. The highest BCUT2D eigenvalue weighted by atomic mass is 16.6. The fourth-order valence-corrected chi connectivity index (χ4v) is 8.03. The number of hydrogen-bond acceptors (Lipinski definition) is 6. The summed E-state index contributed by atoms with van der Waals surface area (Å²) in [6, 6.07) is 0. The van der Waals surface area contributed by atoms with Gasteiger partial charge >= 0.3 is 17.9 Å². The third-order valence-electron chi connectivity index (χ3n) is 12.5. The average molecular weight is 1010 g/mol. The zero-order valence-corrected chi connectivity index (χ0v) is 47.4. The van der Waals surface area contributed by atoms with Gasteiger partial charge in [0.1, 0.15) is 13.2 Å². The molecule has 0 radical (unpaired) electrons. The van der Waals surface area contributed by atoms with Crippen LogP contribution in [0, 0.1) is 0 Å². The van der Waals surface area contributed by atoms with Gasteiger partial charge in [0.15, 0.2) is 6.10 Å². The van der Waals surface area contributed by atoms with Crippen molar-refractivity contribution in [2.75, 3.05) is 13.2 Å². The first kappa shape index (κ1) is 68.8. The number of rotatable bonds is 53. The quantitative estimate of drug-likeness (QED) is 0.0261. The minimum absolute atomic E-state index is 0.117. The second-order valence-corrected chi connectivity index (χ2v) is 19.5. The van der Waals surface area contributed by atoms with Crippen LogP contribution in [-0.4, -0.2) is 37.2 Å². The third kappa shape index (κ3) is 58.6. The molecule has 414 valence electrons. The van der Waals surface area contributed by atoms with E-state index in [-0.39, 0.29) is 38.0 Å². The number of allylic oxidation sites excluding steroid dienone is 19. The normalized spacial score (nSPS) is 13.0. The Bertz CT molecular complexity index is 1540. The van der Waals surface area contributed by atoms with Crippen LogP contribution in [0.25, 0.3) is 0 Å². The van der Waals surface area contributed by atoms with Gasteiger partial charge in [-0.25, -0.2) is 0 Å². The molecule has 1 unspecified atom stereocenters. The number of esters is 3. The fourth-order valence-electron chi connectivity index (χ4n) is 8.03. The second-order valence-electron chi connectivity index (χ2n) is 19.5. The molecular weight excluding hydrogens is 901 g/mol. The lowest BCUT2D eigenvalue weighted by molar-refractivity contribution is -0.166. The van der Waals surface area contributed by atoms with Crippen molar-refractivity contribution in [3.05, 3.63) is 122 Å². The standard InChI is InChI=1S/C67H110O6/c1-4-7-10-13-16-19-22-25-28-30-32-33-35-36-39-42-45-48-51-54-57-60-66(69)72-63-64(62-71-65(68)59-56-53-50-47-44-41-38-27-24-21-18-15-12-9-6-3)73-67(70)61-58-55-52-49-46-43-40-37-34-31-29-26-23-20-17-14-11-8-5-2/h8-9,11-12,17-18,20-21,26-27,29-30,32,34,37-38,44,47,53,56,64H,4-7,10,13-16,19,22-25,28,31,33,35-36,39-43,45-46,48-52,54-55,57-63H2,1-3H3/b11-8-,12-9-,20-17-,21-18-,29-26-,32-30-,37-34-,38-27-,47-44-,56-53-. The first-order valence-corrected chi connectivity index (χ1v) is 30.0. The van der Waals surface area contributed by atoms with Crippen molar-refractivity contribution in [1.29, 1.82) is 0 Å². The van der Waals surface area contributed by atoms with E-state index in [0.717, 1.165) is 109 Å². The van der Waals surface area contributed by atoms with Gasteiger partial charge in [0.2, 0.25) is 0 Å². The van der Waals surface area contributed by atoms with E-state index in [4.69, 9.17) is 14.2 Å². The van der Waals surface area contributed by atoms with Crippen molar-refractivity contribution >= 4 is 17.9 Å². The van der Waals surface area contributed by atoms with Crippen molar-refractivity contribution < 1.29 is 28.6 Å². The molecule has 0 bridgehead atoms. The van der Waals surface area contributed by atoms with Crippen LogP contribution in [0.15, 0.2) is 122 Å². The van der Waals surface area contributed by atoms with Crippen LogP contribution >= 0.6 is 0 Å². The van der Waals surface area contributed by atoms with Gasteiger partial charge in [0.25, 0.3) is 0 Å². The Morgan fingerprint density at radius 1 is 0.301 bits per heavy atom. The number of ether oxygens (including phenoxy) is 3. The maximum Gasteiger partial charge on any atom is 0.309 e. The predicted molar refractivity (Wildman–Crippen MR) is 316 cm³/mol. The molecule has 0 aromatic heterocycles. The summed E-state index contributed by atoms with van der Waals surface area (Å²) in [6.07, 6.45) is 83.6. The first-order valence-electron chi connectivity index (χ1n) is 30.0. The maximum atomic E-state index is 12.9. The molecule has 0 spiro atoms. The molecule has 6 heteroatoms. The Hall–Kier alpha value is -4.19. The molecule has 0 saturated heterocycles. The summed E-state index contributed by atoms with van der Waals surface area (Å²) in [5.74, 6) is -1.07. The Balaban J connectivity index is 4.49.